The number of esters is 2. The van der Waals surface area contributed by atoms with Gasteiger partial charge in [-0.25, -0.2) is 4.57 Å². The smallest absolute Gasteiger partial charge is 0.457 e. The molecule has 64 heavy (non-hydrogen) atoms. The molecule has 0 aliphatic heterocycles. The Morgan fingerprint density at radius 3 is 1.06 bits per heavy atom. The second kappa shape index (κ2) is 49.1. The molecule has 0 fully saturated rings. The van der Waals surface area contributed by atoms with E-state index in [1.807, 2.05) is 0 Å². The van der Waals surface area contributed by atoms with Gasteiger partial charge in [0.05, 0.1) is 26.4 Å². The average Bonchev–Trinajstić information content (AvgIpc) is 3.29. The highest BCUT2D eigenvalue weighted by Crippen LogP contribution is 2.43. The molecule has 0 heterocycles. The molecule has 3 unspecified atom stereocenters. The third kappa shape index (κ3) is 46.7. The summed E-state index contributed by atoms with van der Waals surface area (Å²) in [5.41, 5.74) is 0. The lowest BCUT2D eigenvalue weighted by Gasteiger charge is -2.20. The molecule has 0 aromatic rings. The van der Waals surface area contributed by atoms with Crippen LogP contribution < -0.4 is 0 Å². The van der Waals surface area contributed by atoms with Gasteiger partial charge in [0, 0.05) is 12.8 Å². The molecule has 3 atom stereocenters. The van der Waals surface area contributed by atoms with E-state index in [9.17, 15) is 29.3 Å². The number of ether oxygens (including phenoxy) is 2. The van der Waals surface area contributed by atoms with Crippen molar-refractivity contribution in [1.29, 1.82) is 0 Å². The normalized spacial score (nSPS) is 13.9. The van der Waals surface area contributed by atoms with Crippen LogP contribution in [0, 0.1) is 0 Å². The minimum absolute atomic E-state index is 0.182. The Morgan fingerprint density at radius 2 is 0.734 bits per heavy atom. The van der Waals surface area contributed by atoms with Crippen molar-refractivity contribution in [1.82, 2.24) is 0 Å². The highest BCUT2D eigenvalue weighted by molar-refractivity contribution is 7.47. The second-order valence-electron chi connectivity index (χ2n) is 17.8. The SMILES string of the molecule is CC/C=C\C/C=C\C/C=C\CCCCCCCCCC(=O)OC(CO)COP(=O)(O)OCC(CO)OC(=O)CCCCCCCCCCCCCCCCCCCCCCCCCC. The molecule has 0 aliphatic carbocycles. The third-order valence-electron chi connectivity index (χ3n) is 11.6. The lowest BCUT2D eigenvalue weighted by atomic mass is 10.0. The minimum atomic E-state index is -4.64. The van der Waals surface area contributed by atoms with Crippen LogP contribution in [0.3, 0.4) is 0 Å². The lowest BCUT2D eigenvalue weighted by molar-refractivity contribution is -0.153. The van der Waals surface area contributed by atoms with E-state index in [0.717, 1.165) is 70.6 Å². The summed E-state index contributed by atoms with van der Waals surface area (Å²) >= 11 is 0. The predicted molar refractivity (Wildman–Crippen MR) is 265 cm³/mol. The maximum absolute atomic E-state index is 12.4. The molecular weight excluding hydrogens is 828 g/mol. The van der Waals surface area contributed by atoms with Crippen LogP contribution in [0.2, 0.25) is 0 Å². The molecule has 0 saturated carbocycles. The van der Waals surface area contributed by atoms with Crippen molar-refractivity contribution in [2.75, 3.05) is 26.4 Å². The van der Waals surface area contributed by atoms with Crippen molar-refractivity contribution >= 4 is 19.8 Å². The number of phosphoric acid groups is 1. The summed E-state index contributed by atoms with van der Waals surface area (Å²) in [5, 5.41) is 19.3. The van der Waals surface area contributed by atoms with E-state index in [4.69, 9.17) is 18.5 Å². The maximum atomic E-state index is 12.4. The van der Waals surface area contributed by atoms with E-state index in [2.05, 4.69) is 50.3 Å². The first-order valence-corrected chi connectivity index (χ1v) is 27.9. The number of rotatable bonds is 50. The van der Waals surface area contributed by atoms with E-state index in [-0.39, 0.29) is 12.8 Å². The third-order valence-corrected chi connectivity index (χ3v) is 12.6. The fraction of sp³-hybridized carbons (Fsp3) is 0.849. The minimum Gasteiger partial charge on any atom is -0.457 e. The fourth-order valence-corrected chi connectivity index (χ4v) is 8.39. The summed E-state index contributed by atoms with van der Waals surface area (Å²) in [5.74, 6) is -1.02. The van der Waals surface area contributed by atoms with Gasteiger partial charge in [0.15, 0.2) is 0 Å². The first-order chi connectivity index (χ1) is 31.3. The number of aliphatic hydroxyl groups excluding tert-OH is 2. The number of aliphatic hydroxyl groups is 2. The Hall–Kier alpha value is -1.81. The van der Waals surface area contributed by atoms with Crippen LogP contribution >= 0.6 is 7.82 Å². The summed E-state index contributed by atoms with van der Waals surface area (Å²) in [6, 6.07) is 0. The van der Waals surface area contributed by atoms with Gasteiger partial charge in [-0.1, -0.05) is 230 Å². The molecule has 0 aromatic heterocycles. The summed E-state index contributed by atoms with van der Waals surface area (Å²) in [4.78, 5) is 34.7. The van der Waals surface area contributed by atoms with Crippen LogP contribution in [0.15, 0.2) is 36.5 Å². The van der Waals surface area contributed by atoms with E-state index >= 15 is 0 Å². The highest BCUT2D eigenvalue weighted by Gasteiger charge is 2.27. The molecule has 11 heteroatoms. The Bertz CT molecular complexity index is 1160. The molecule has 0 saturated heterocycles. The standard InChI is InChI=1S/C53H99O10P/c1-3-5-7-9-11-13-15-17-19-21-22-23-24-25-26-27-29-31-33-35-37-39-41-43-45-53(57)63-51(47-55)49-61-64(58,59)60-48-50(46-54)62-52(56)44-42-40-38-36-34-32-30-28-20-18-16-14-12-10-8-6-4-2/h6,8,12,14,18,20,50-51,54-55H,3-5,7,9-11,13,15-17,19,21-49H2,1-2H3,(H,58,59)/b8-6-,14-12-,20-18-. The quantitative estimate of drug-likeness (QED) is 0.0233. The number of unbranched alkanes of at least 4 members (excludes halogenated alkanes) is 30. The van der Waals surface area contributed by atoms with Crippen LogP contribution in [0.5, 0.6) is 0 Å². The van der Waals surface area contributed by atoms with Crippen molar-refractivity contribution in [3.8, 4) is 0 Å². The second-order valence-corrected chi connectivity index (χ2v) is 19.3. The fourth-order valence-electron chi connectivity index (χ4n) is 7.60. The summed E-state index contributed by atoms with van der Waals surface area (Å²) in [7, 11) is -4.64. The number of carbonyl (C=O) groups is 2. The molecule has 0 spiro atoms. The number of carbonyl (C=O) groups excluding carboxylic acids is 2. The zero-order valence-corrected chi connectivity index (χ0v) is 42.2. The van der Waals surface area contributed by atoms with Crippen molar-refractivity contribution in [3.63, 3.8) is 0 Å². The summed E-state index contributed by atoms with van der Waals surface area (Å²) < 4.78 is 32.7. The van der Waals surface area contributed by atoms with E-state index in [1.165, 1.54) is 141 Å². The van der Waals surface area contributed by atoms with Gasteiger partial charge in [0.2, 0.25) is 0 Å². The first-order valence-electron chi connectivity index (χ1n) is 26.4. The molecule has 0 aromatic carbocycles. The number of hydrogen-bond donors (Lipinski definition) is 3. The van der Waals surface area contributed by atoms with Gasteiger partial charge in [-0.15, -0.1) is 0 Å². The van der Waals surface area contributed by atoms with E-state index in [0.29, 0.717) is 12.8 Å². The van der Waals surface area contributed by atoms with Crippen molar-refractivity contribution in [2.45, 2.75) is 264 Å². The highest BCUT2D eigenvalue weighted by atomic mass is 31.2. The molecule has 0 bridgehead atoms. The van der Waals surface area contributed by atoms with E-state index < -0.39 is 58.4 Å². The molecule has 3 N–H and O–H groups in total. The van der Waals surface area contributed by atoms with Gasteiger partial charge in [-0.05, 0) is 44.9 Å². The number of hydrogen-bond acceptors (Lipinski definition) is 9. The molecule has 10 nitrogen and oxygen atoms in total. The predicted octanol–water partition coefficient (Wildman–Crippen LogP) is 15.1. The monoisotopic (exact) mass is 927 g/mol. The van der Waals surface area contributed by atoms with Crippen LogP contribution in [0.25, 0.3) is 0 Å². The Balaban J connectivity index is 3.78. The number of allylic oxidation sites excluding steroid dienone is 6. The van der Waals surface area contributed by atoms with Crippen LogP contribution in [-0.2, 0) is 32.7 Å². The largest absolute Gasteiger partial charge is 0.472 e. The van der Waals surface area contributed by atoms with E-state index in [1.54, 1.807) is 0 Å². The van der Waals surface area contributed by atoms with Gasteiger partial charge in [0.25, 0.3) is 0 Å². The van der Waals surface area contributed by atoms with Gasteiger partial charge in [-0.3, -0.25) is 18.6 Å². The Labute approximate surface area is 392 Å². The van der Waals surface area contributed by atoms with Gasteiger partial charge >= 0.3 is 19.8 Å². The molecule has 0 radical (unpaired) electrons. The van der Waals surface area contributed by atoms with Gasteiger partial charge in [-0.2, -0.15) is 0 Å². The average molecular weight is 927 g/mol. The summed E-state index contributed by atoms with van der Waals surface area (Å²) in [6.07, 6.45) is 54.1. The van der Waals surface area contributed by atoms with Crippen molar-refractivity contribution in [3.05, 3.63) is 36.5 Å². The van der Waals surface area contributed by atoms with Crippen LogP contribution in [0.4, 0.5) is 0 Å². The Morgan fingerprint density at radius 1 is 0.438 bits per heavy atom. The molecule has 376 valence electrons. The zero-order valence-electron chi connectivity index (χ0n) is 41.3. The van der Waals surface area contributed by atoms with Crippen molar-refractivity contribution in [2.24, 2.45) is 0 Å². The molecule has 0 amide bonds. The maximum Gasteiger partial charge on any atom is 0.472 e. The topological polar surface area (TPSA) is 149 Å². The van der Waals surface area contributed by atoms with Crippen molar-refractivity contribution < 1.29 is 47.8 Å². The van der Waals surface area contributed by atoms with Crippen LogP contribution in [-0.4, -0.2) is 65.7 Å². The Kier molecular flexibility index (Phi) is 47.7. The molecule has 0 rings (SSSR count). The molecular formula is C53H99O10P. The van der Waals surface area contributed by atoms with Gasteiger partial charge in [0.1, 0.15) is 12.2 Å². The number of phosphoric ester groups is 1. The summed E-state index contributed by atoms with van der Waals surface area (Å²) in [6.45, 7) is 2.14. The van der Waals surface area contributed by atoms with Crippen LogP contribution in [0.1, 0.15) is 251 Å². The zero-order chi connectivity index (χ0) is 46.9. The lowest BCUT2D eigenvalue weighted by Crippen LogP contribution is -2.28. The first kappa shape index (κ1) is 62.2. The molecule has 0 aliphatic rings. The van der Waals surface area contributed by atoms with Gasteiger partial charge < -0.3 is 24.6 Å².